The second-order valence-electron chi connectivity index (χ2n) is 6.04. The average molecular weight is 269 g/mol. The summed E-state index contributed by atoms with van der Waals surface area (Å²) in [6.07, 6.45) is 3.92. The van der Waals surface area contributed by atoms with E-state index in [0.717, 1.165) is 16.9 Å². The van der Waals surface area contributed by atoms with E-state index in [2.05, 4.69) is 25.8 Å². The normalized spacial score (nSPS) is 35.1. The van der Waals surface area contributed by atoms with E-state index in [4.69, 9.17) is 0 Å². The largest absolute Gasteiger partial charge is 0.307 e. The van der Waals surface area contributed by atoms with Gasteiger partial charge >= 0.3 is 4.87 Å². The number of aromatic nitrogens is 1. The molecule has 0 bridgehead atoms. The van der Waals surface area contributed by atoms with E-state index in [-0.39, 0.29) is 9.62 Å². The molecule has 0 radical (unpaired) electrons. The quantitative estimate of drug-likeness (QED) is 0.776. The standard InChI is InChI=1S/C13H19NOS2/c1-7-4-5-9-8(6-7)10-11(14-12(15)16-10)17-13(9,2)3/h7-9H,4-6H2,1-3H3,(H,14,15)/t7-,8+,9+/m0/s1. The Labute approximate surface area is 110 Å². The van der Waals surface area contributed by atoms with Gasteiger partial charge in [-0.15, -0.1) is 11.8 Å². The molecule has 0 amide bonds. The molecule has 0 spiro atoms. The van der Waals surface area contributed by atoms with Crippen LogP contribution < -0.4 is 4.87 Å². The molecule has 2 nitrogen and oxygen atoms in total. The third-order valence-electron chi connectivity index (χ3n) is 4.35. The van der Waals surface area contributed by atoms with Gasteiger partial charge in [-0.2, -0.15) is 0 Å². The maximum absolute atomic E-state index is 11.6. The molecule has 2 heterocycles. The highest BCUT2D eigenvalue weighted by molar-refractivity contribution is 8.00. The summed E-state index contributed by atoms with van der Waals surface area (Å²) in [5.41, 5.74) is 0. The van der Waals surface area contributed by atoms with E-state index in [1.165, 1.54) is 35.5 Å². The first-order valence-electron chi connectivity index (χ1n) is 6.39. The van der Waals surface area contributed by atoms with Crippen molar-refractivity contribution in [3.05, 3.63) is 14.5 Å². The summed E-state index contributed by atoms with van der Waals surface area (Å²) in [4.78, 5) is 16.1. The second-order valence-corrected chi connectivity index (χ2v) is 8.72. The SMILES string of the molecule is C[C@H]1CC[C@@H]2[C@@H](C1)c1sc(=O)[nH]c1SC2(C)C. The molecule has 3 rings (SSSR count). The predicted molar refractivity (Wildman–Crippen MR) is 74.1 cm³/mol. The maximum Gasteiger partial charge on any atom is 0.305 e. The summed E-state index contributed by atoms with van der Waals surface area (Å²) < 4.78 is 0.266. The van der Waals surface area contributed by atoms with E-state index in [9.17, 15) is 4.79 Å². The van der Waals surface area contributed by atoms with Crippen LogP contribution in [0.25, 0.3) is 0 Å². The molecular weight excluding hydrogens is 250 g/mol. The highest BCUT2D eigenvalue weighted by atomic mass is 32.2. The van der Waals surface area contributed by atoms with Gasteiger partial charge in [0.1, 0.15) is 0 Å². The molecule has 94 valence electrons. The van der Waals surface area contributed by atoms with Crippen LogP contribution in [0.15, 0.2) is 9.82 Å². The predicted octanol–water partition coefficient (Wildman–Crippen LogP) is 3.84. The minimum Gasteiger partial charge on any atom is -0.307 e. The Morgan fingerprint density at radius 1 is 1.35 bits per heavy atom. The van der Waals surface area contributed by atoms with Crippen LogP contribution in [0.4, 0.5) is 0 Å². The molecule has 0 unspecified atom stereocenters. The van der Waals surface area contributed by atoms with Crippen LogP contribution in [0.1, 0.15) is 50.8 Å². The van der Waals surface area contributed by atoms with Gasteiger partial charge in [-0.3, -0.25) is 4.79 Å². The maximum atomic E-state index is 11.6. The van der Waals surface area contributed by atoms with Crippen molar-refractivity contribution >= 4 is 23.1 Å². The average Bonchev–Trinajstić information content (AvgIpc) is 2.57. The zero-order valence-corrected chi connectivity index (χ0v) is 12.2. The molecule has 2 aliphatic rings. The van der Waals surface area contributed by atoms with Crippen LogP contribution in [-0.2, 0) is 0 Å². The molecule has 0 saturated heterocycles. The number of H-pyrrole nitrogens is 1. The topological polar surface area (TPSA) is 32.9 Å². The molecule has 1 aromatic rings. The molecule has 1 N–H and O–H groups in total. The zero-order chi connectivity index (χ0) is 12.2. The van der Waals surface area contributed by atoms with Crippen molar-refractivity contribution in [3.8, 4) is 0 Å². The molecule has 17 heavy (non-hydrogen) atoms. The van der Waals surface area contributed by atoms with E-state index < -0.39 is 0 Å². The highest BCUT2D eigenvalue weighted by Crippen LogP contribution is 2.57. The molecule has 1 saturated carbocycles. The van der Waals surface area contributed by atoms with Gasteiger partial charge in [0.25, 0.3) is 0 Å². The molecule has 1 aliphatic heterocycles. The number of rotatable bonds is 0. The third-order valence-corrected chi connectivity index (χ3v) is 6.85. The minimum absolute atomic E-state index is 0.122. The van der Waals surface area contributed by atoms with Crippen LogP contribution in [0.3, 0.4) is 0 Å². The van der Waals surface area contributed by atoms with Crippen molar-refractivity contribution in [2.24, 2.45) is 11.8 Å². The molecule has 3 atom stereocenters. The minimum atomic E-state index is 0.122. The lowest BCUT2D eigenvalue weighted by Gasteiger charge is -2.46. The van der Waals surface area contributed by atoms with Crippen molar-refractivity contribution in [2.75, 3.05) is 0 Å². The fourth-order valence-electron chi connectivity index (χ4n) is 3.49. The Bertz CT molecular complexity index is 488. The van der Waals surface area contributed by atoms with E-state index in [1.54, 1.807) is 0 Å². The number of nitrogens with one attached hydrogen (secondary N) is 1. The number of thioether (sulfide) groups is 1. The fraction of sp³-hybridized carbons (Fsp3) is 0.769. The van der Waals surface area contributed by atoms with Gasteiger partial charge in [0.15, 0.2) is 0 Å². The van der Waals surface area contributed by atoms with Crippen molar-refractivity contribution < 1.29 is 0 Å². The number of fused-ring (bicyclic) bond motifs is 3. The number of hydrogen-bond donors (Lipinski definition) is 1. The Morgan fingerprint density at radius 2 is 2.12 bits per heavy atom. The number of hydrogen-bond acceptors (Lipinski definition) is 3. The van der Waals surface area contributed by atoms with Crippen LogP contribution >= 0.6 is 23.1 Å². The first-order valence-corrected chi connectivity index (χ1v) is 8.02. The third kappa shape index (κ3) is 1.89. The van der Waals surface area contributed by atoms with E-state index in [0.29, 0.717) is 5.92 Å². The van der Waals surface area contributed by atoms with Crippen molar-refractivity contribution in [3.63, 3.8) is 0 Å². The zero-order valence-electron chi connectivity index (χ0n) is 10.6. The summed E-state index contributed by atoms with van der Waals surface area (Å²) in [6, 6.07) is 0. The first kappa shape index (κ1) is 11.8. The highest BCUT2D eigenvalue weighted by Gasteiger charge is 2.46. The summed E-state index contributed by atoms with van der Waals surface area (Å²) in [5.74, 6) is 2.16. The van der Waals surface area contributed by atoms with Crippen molar-refractivity contribution in [1.82, 2.24) is 4.98 Å². The van der Waals surface area contributed by atoms with Crippen molar-refractivity contribution in [1.29, 1.82) is 0 Å². The summed E-state index contributed by atoms with van der Waals surface area (Å²) in [6.45, 7) is 7.02. The van der Waals surface area contributed by atoms with Crippen molar-refractivity contribution in [2.45, 2.75) is 55.7 Å². The number of aromatic amines is 1. The molecule has 1 fully saturated rings. The molecular formula is C13H19NOS2. The lowest BCUT2D eigenvalue weighted by atomic mass is 9.69. The summed E-state index contributed by atoms with van der Waals surface area (Å²) in [5, 5.41) is 1.15. The molecule has 1 aliphatic carbocycles. The summed E-state index contributed by atoms with van der Waals surface area (Å²) >= 11 is 3.32. The summed E-state index contributed by atoms with van der Waals surface area (Å²) in [7, 11) is 0. The van der Waals surface area contributed by atoms with Crippen LogP contribution in [0.5, 0.6) is 0 Å². The van der Waals surface area contributed by atoms with Gasteiger partial charge in [-0.05, 0) is 24.7 Å². The van der Waals surface area contributed by atoms with Crippen LogP contribution in [-0.4, -0.2) is 9.73 Å². The van der Waals surface area contributed by atoms with E-state index in [1.807, 2.05) is 11.8 Å². The second kappa shape index (κ2) is 3.89. The van der Waals surface area contributed by atoms with Gasteiger partial charge in [0.2, 0.25) is 0 Å². The van der Waals surface area contributed by atoms with Gasteiger partial charge in [0, 0.05) is 15.5 Å². The molecule has 4 heteroatoms. The van der Waals surface area contributed by atoms with Gasteiger partial charge in [-0.25, -0.2) is 0 Å². The lowest BCUT2D eigenvalue weighted by Crippen LogP contribution is -2.39. The van der Waals surface area contributed by atoms with Crippen LogP contribution in [0, 0.1) is 11.8 Å². The monoisotopic (exact) mass is 269 g/mol. The Balaban J connectivity index is 2.07. The van der Waals surface area contributed by atoms with Gasteiger partial charge in [0.05, 0.1) is 5.03 Å². The Kier molecular flexibility index (Phi) is 2.71. The Morgan fingerprint density at radius 3 is 2.88 bits per heavy atom. The van der Waals surface area contributed by atoms with Crippen LogP contribution in [0.2, 0.25) is 0 Å². The smallest absolute Gasteiger partial charge is 0.305 e. The van der Waals surface area contributed by atoms with Gasteiger partial charge < -0.3 is 4.98 Å². The fourth-order valence-corrected chi connectivity index (χ4v) is 6.07. The number of thiazole rings is 1. The lowest BCUT2D eigenvalue weighted by molar-refractivity contribution is 0.210. The van der Waals surface area contributed by atoms with E-state index >= 15 is 0 Å². The first-order chi connectivity index (χ1) is 7.97. The van der Waals surface area contributed by atoms with Gasteiger partial charge in [-0.1, -0.05) is 38.5 Å². The molecule has 1 aromatic heterocycles. The molecule has 0 aromatic carbocycles. The Hall–Kier alpha value is -0.220.